The average molecular weight is 432 g/mol. The molecule has 5 heterocycles. The van der Waals surface area contributed by atoms with E-state index in [2.05, 4.69) is 25.1 Å². The summed E-state index contributed by atoms with van der Waals surface area (Å²) >= 11 is 0. The van der Waals surface area contributed by atoms with E-state index in [0.29, 0.717) is 36.3 Å². The van der Waals surface area contributed by atoms with Gasteiger partial charge in [0.2, 0.25) is 5.95 Å². The lowest BCUT2D eigenvalue weighted by molar-refractivity contribution is 0.0780. The summed E-state index contributed by atoms with van der Waals surface area (Å²) in [6.07, 6.45) is 7.31. The third kappa shape index (κ3) is 3.19. The molecule has 0 unspecified atom stereocenters. The summed E-state index contributed by atoms with van der Waals surface area (Å²) in [5.41, 5.74) is 3.71. The molecule has 2 fully saturated rings. The van der Waals surface area contributed by atoms with Crippen LogP contribution in [0.25, 0.3) is 11.3 Å². The van der Waals surface area contributed by atoms with Crippen LogP contribution in [0.4, 0.5) is 5.95 Å². The fourth-order valence-corrected chi connectivity index (χ4v) is 5.36. The van der Waals surface area contributed by atoms with Crippen LogP contribution in [0.15, 0.2) is 35.4 Å². The monoisotopic (exact) mass is 431 g/mol. The van der Waals surface area contributed by atoms with E-state index in [1.807, 2.05) is 17.0 Å². The minimum Gasteiger partial charge on any atom is -0.342 e. The molecule has 32 heavy (non-hydrogen) atoms. The van der Waals surface area contributed by atoms with Crippen molar-refractivity contribution >= 4 is 11.9 Å². The number of rotatable bonds is 3. The molecule has 164 valence electrons. The highest BCUT2D eigenvalue weighted by atomic mass is 16.2. The maximum absolute atomic E-state index is 13.2. The van der Waals surface area contributed by atoms with Crippen molar-refractivity contribution in [2.75, 3.05) is 31.1 Å². The number of hydrogen-bond acceptors (Lipinski definition) is 6. The zero-order chi connectivity index (χ0) is 21.7. The first-order chi connectivity index (χ1) is 15.7. The van der Waals surface area contributed by atoms with E-state index in [4.69, 9.17) is 4.98 Å². The number of likely N-dealkylation sites (tertiary alicyclic amines) is 1. The quantitative estimate of drug-likeness (QED) is 0.656. The zero-order valence-corrected chi connectivity index (χ0v) is 17.8. The molecule has 1 aliphatic carbocycles. The van der Waals surface area contributed by atoms with Gasteiger partial charge < -0.3 is 9.80 Å². The molecule has 0 saturated carbocycles. The fourth-order valence-electron chi connectivity index (χ4n) is 5.36. The van der Waals surface area contributed by atoms with Crippen LogP contribution >= 0.6 is 0 Å². The van der Waals surface area contributed by atoms with Crippen LogP contribution in [-0.4, -0.2) is 62.1 Å². The molecule has 2 saturated heterocycles. The molecule has 3 aromatic heterocycles. The number of amides is 1. The second-order valence-electron chi connectivity index (χ2n) is 8.97. The molecule has 0 spiro atoms. The highest BCUT2D eigenvalue weighted by Gasteiger charge is 2.42. The van der Waals surface area contributed by atoms with Crippen LogP contribution in [0.2, 0.25) is 0 Å². The molecule has 9 nitrogen and oxygen atoms in total. The molecule has 2 atom stereocenters. The maximum Gasteiger partial charge on any atom is 0.271 e. The van der Waals surface area contributed by atoms with E-state index < -0.39 is 0 Å². The number of pyridine rings is 1. The number of aromatic amines is 2. The number of carbonyl (C=O) groups excluding carboxylic acids is 1. The molecule has 0 radical (unpaired) electrons. The highest BCUT2D eigenvalue weighted by Crippen LogP contribution is 2.40. The van der Waals surface area contributed by atoms with Crippen molar-refractivity contribution in [3.8, 4) is 11.3 Å². The van der Waals surface area contributed by atoms with E-state index in [-0.39, 0.29) is 17.4 Å². The van der Waals surface area contributed by atoms with E-state index in [1.165, 1.54) is 0 Å². The Kier molecular flexibility index (Phi) is 4.55. The largest absolute Gasteiger partial charge is 0.342 e. The number of anilines is 1. The van der Waals surface area contributed by atoms with Gasteiger partial charge in [-0.25, -0.2) is 4.98 Å². The summed E-state index contributed by atoms with van der Waals surface area (Å²) in [6, 6.07) is 5.54. The average Bonchev–Trinajstić information content (AvgIpc) is 3.59. The van der Waals surface area contributed by atoms with Crippen LogP contribution in [0, 0.1) is 5.92 Å². The van der Waals surface area contributed by atoms with Gasteiger partial charge in [-0.2, -0.15) is 5.10 Å². The Morgan fingerprint density at radius 2 is 2.06 bits per heavy atom. The Bertz CT molecular complexity index is 1210. The molecule has 3 aromatic rings. The van der Waals surface area contributed by atoms with Gasteiger partial charge in [0.25, 0.3) is 11.5 Å². The van der Waals surface area contributed by atoms with E-state index in [0.717, 1.165) is 55.6 Å². The third-order valence-electron chi connectivity index (χ3n) is 7.05. The van der Waals surface area contributed by atoms with Gasteiger partial charge in [-0.3, -0.25) is 24.7 Å². The standard InChI is InChI=1S/C23H25N7O2/c31-21-16-6-5-15-12-30(13-17(15)20(16)25-23(26-21)29-8-1-2-9-29)22(32)19-10-18(27-28-19)14-4-3-7-24-11-14/h3-4,7,10-11,15,17H,1-2,5-6,8-9,12-13H2,(H,27,28)(H,25,26,31)/t15-,17+/m1/s1. The Labute approximate surface area is 184 Å². The smallest absolute Gasteiger partial charge is 0.271 e. The number of hydrogen-bond donors (Lipinski definition) is 2. The molecule has 9 heteroatoms. The first kappa shape index (κ1) is 19.2. The van der Waals surface area contributed by atoms with Crippen molar-refractivity contribution < 1.29 is 4.79 Å². The summed E-state index contributed by atoms with van der Waals surface area (Å²) in [4.78, 5) is 42.1. The lowest BCUT2D eigenvalue weighted by Crippen LogP contribution is -2.31. The van der Waals surface area contributed by atoms with Gasteiger partial charge in [0.15, 0.2) is 0 Å². The van der Waals surface area contributed by atoms with Crippen LogP contribution in [-0.2, 0) is 6.42 Å². The summed E-state index contributed by atoms with van der Waals surface area (Å²) in [5.74, 6) is 1.06. The summed E-state index contributed by atoms with van der Waals surface area (Å²) in [7, 11) is 0. The Hall–Kier alpha value is -3.49. The molecule has 0 aromatic carbocycles. The van der Waals surface area contributed by atoms with Gasteiger partial charge in [0.05, 0.1) is 11.4 Å². The molecule has 2 N–H and O–H groups in total. The van der Waals surface area contributed by atoms with Gasteiger partial charge in [-0.15, -0.1) is 0 Å². The fraction of sp³-hybridized carbons (Fsp3) is 0.435. The Morgan fingerprint density at radius 1 is 1.19 bits per heavy atom. The summed E-state index contributed by atoms with van der Waals surface area (Å²) < 4.78 is 0. The normalized spacial score (nSPS) is 22.1. The van der Waals surface area contributed by atoms with Crippen LogP contribution in [0.1, 0.15) is 46.9 Å². The molecule has 0 bridgehead atoms. The predicted molar refractivity (Wildman–Crippen MR) is 119 cm³/mol. The number of nitrogens with zero attached hydrogens (tertiary/aromatic N) is 5. The maximum atomic E-state index is 13.2. The second-order valence-corrected chi connectivity index (χ2v) is 8.97. The minimum atomic E-state index is -0.0619. The topological polar surface area (TPSA) is 111 Å². The number of carbonyl (C=O) groups is 1. The van der Waals surface area contributed by atoms with Crippen molar-refractivity contribution in [3.63, 3.8) is 0 Å². The number of nitrogens with one attached hydrogen (secondary N) is 2. The Balaban J connectivity index is 1.26. The van der Waals surface area contributed by atoms with Crippen molar-refractivity contribution in [2.45, 2.75) is 31.6 Å². The molecule has 6 rings (SSSR count). The van der Waals surface area contributed by atoms with Crippen molar-refractivity contribution in [1.82, 2.24) is 30.0 Å². The molecule has 3 aliphatic rings. The van der Waals surface area contributed by atoms with Gasteiger partial charge in [-0.05, 0) is 49.8 Å². The summed E-state index contributed by atoms with van der Waals surface area (Å²) in [6.45, 7) is 3.12. The second kappa shape index (κ2) is 7.58. The van der Waals surface area contributed by atoms with Crippen LogP contribution < -0.4 is 10.5 Å². The molecule has 1 amide bonds. The first-order valence-electron chi connectivity index (χ1n) is 11.3. The molecular formula is C23H25N7O2. The minimum absolute atomic E-state index is 0.0187. The predicted octanol–water partition coefficient (Wildman–Crippen LogP) is 1.96. The number of aromatic nitrogens is 5. The number of fused-ring (bicyclic) bond motifs is 3. The van der Waals surface area contributed by atoms with E-state index in [1.54, 1.807) is 18.5 Å². The van der Waals surface area contributed by atoms with Crippen molar-refractivity contribution in [2.24, 2.45) is 5.92 Å². The SMILES string of the molecule is O=C(c1cc(-c2cccnc2)n[nH]1)N1C[C@H]2CCc3c(nc(N4CCCC4)[nH]c3=O)[C@H]2C1. The van der Waals surface area contributed by atoms with Gasteiger partial charge >= 0.3 is 0 Å². The highest BCUT2D eigenvalue weighted by molar-refractivity contribution is 5.93. The first-order valence-corrected chi connectivity index (χ1v) is 11.3. The van der Waals surface area contributed by atoms with Gasteiger partial charge in [0.1, 0.15) is 5.69 Å². The molecular weight excluding hydrogens is 406 g/mol. The lowest BCUT2D eigenvalue weighted by atomic mass is 9.80. The van der Waals surface area contributed by atoms with Crippen LogP contribution in [0.3, 0.4) is 0 Å². The lowest BCUT2D eigenvalue weighted by Gasteiger charge is -2.27. The van der Waals surface area contributed by atoms with Crippen molar-refractivity contribution in [3.05, 3.63) is 57.9 Å². The summed E-state index contributed by atoms with van der Waals surface area (Å²) in [5, 5.41) is 7.19. The third-order valence-corrected chi connectivity index (χ3v) is 7.05. The molecule has 2 aliphatic heterocycles. The van der Waals surface area contributed by atoms with Gasteiger partial charge in [-0.1, -0.05) is 0 Å². The van der Waals surface area contributed by atoms with Crippen LogP contribution in [0.5, 0.6) is 0 Å². The number of H-pyrrole nitrogens is 2. The zero-order valence-electron chi connectivity index (χ0n) is 17.8. The van der Waals surface area contributed by atoms with Gasteiger partial charge in [0, 0.05) is 55.6 Å². The Morgan fingerprint density at radius 3 is 2.88 bits per heavy atom. The van der Waals surface area contributed by atoms with E-state index in [9.17, 15) is 9.59 Å². The van der Waals surface area contributed by atoms with E-state index >= 15 is 0 Å². The van der Waals surface area contributed by atoms with Crippen molar-refractivity contribution in [1.29, 1.82) is 0 Å².